The zero-order chi connectivity index (χ0) is 36.4. The van der Waals surface area contributed by atoms with Gasteiger partial charge >= 0.3 is 5.97 Å². The van der Waals surface area contributed by atoms with Gasteiger partial charge in [-0.15, -0.1) is 0 Å². The van der Waals surface area contributed by atoms with Crippen molar-refractivity contribution in [3.63, 3.8) is 0 Å². The fraction of sp³-hybridized carbons (Fsp3) is 0.878. The number of carboxylic acids is 1. The Kier molecular flexibility index (Phi) is 47.1. The van der Waals surface area contributed by atoms with E-state index >= 15 is 0 Å². The molecule has 7 heteroatoms. The van der Waals surface area contributed by atoms with Gasteiger partial charge in [0, 0.05) is 5.70 Å². The van der Waals surface area contributed by atoms with Crippen molar-refractivity contribution in [3.05, 3.63) is 12.3 Å². The average molecular weight is 682 g/mol. The molecule has 2 amide bonds. The Morgan fingerprint density at radius 1 is 0.583 bits per heavy atom. The number of unbranched alkanes of at least 4 members (excludes halogenated alkanes) is 25. The minimum absolute atomic E-state index is 0.224. The Balaban J connectivity index is -0.00000262. The SMILES string of the molecule is C=C(CCCCCCCCCCCCCCC)NC(CCCCCCCCCCCCCCC)C(=O)NCC(=O)O.CCCC.NC=O. The van der Waals surface area contributed by atoms with Crippen LogP contribution in [0.5, 0.6) is 0 Å². The van der Waals surface area contributed by atoms with Crippen molar-refractivity contribution in [1.29, 1.82) is 0 Å². The molecule has 0 bridgehead atoms. The average Bonchev–Trinajstić information content (AvgIpc) is 3.07. The molecule has 0 aliphatic rings. The fourth-order valence-electron chi connectivity index (χ4n) is 5.60. The van der Waals surface area contributed by atoms with Gasteiger partial charge in [0.1, 0.15) is 12.6 Å². The predicted octanol–water partition coefficient (Wildman–Crippen LogP) is 11.5. The van der Waals surface area contributed by atoms with E-state index in [2.05, 4.69) is 50.6 Å². The van der Waals surface area contributed by atoms with Gasteiger partial charge < -0.3 is 21.5 Å². The van der Waals surface area contributed by atoms with Crippen LogP contribution in [-0.4, -0.2) is 36.0 Å². The van der Waals surface area contributed by atoms with Gasteiger partial charge in [-0.1, -0.05) is 208 Å². The monoisotopic (exact) mass is 682 g/mol. The number of aliphatic carboxylic acids is 1. The summed E-state index contributed by atoms with van der Waals surface area (Å²) in [5, 5.41) is 14.8. The molecule has 0 rings (SSSR count). The molecule has 0 aliphatic heterocycles. The van der Waals surface area contributed by atoms with Crippen LogP contribution in [0.15, 0.2) is 12.3 Å². The minimum atomic E-state index is -1.01. The van der Waals surface area contributed by atoms with Gasteiger partial charge in [-0.2, -0.15) is 0 Å². The predicted molar refractivity (Wildman–Crippen MR) is 208 cm³/mol. The summed E-state index contributed by atoms with van der Waals surface area (Å²) in [4.78, 5) is 32.2. The molecule has 0 saturated heterocycles. The molecule has 0 aromatic carbocycles. The summed E-state index contributed by atoms with van der Waals surface area (Å²) in [6.07, 6.45) is 38.6. The first-order chi connectivity index (χ1) is 23.3. The molecule has 0 heterocycles. The number of hydrogen-bond donors (Lipinski definition) is 4. The van der Waals surface area contributed by atoms with Crippen LogP contribution in [0, 0.1) is 0 Å². The summed E-state index contributed by atoms with van der Waals surface area (Å²) < 4.78 is 0. The zero-order valence-electron chi connectivity index (χ0n) is 32.5. The van der Waals surface area contributed by atoms with Gasteiger partial charge in [0.2, 0.25) is 12.3 Å². The molecular formula is C41H83N3O4. The second kappa shape index (κ2) is 45.0. The van der Waals surface area contributed by atoms with Crippen molar-refractivity contribution in [2.45, 2.75) is 226 Å². The Labute approximate surface area is 298 Å². The first kappa shape index (κ1) is 50.3. The summed E-state index contributed by atoms with van der Waals surface area (Å²) in [7, 11) is 0. The number of rotatable bonds is 34. The molecule has 0 aromatic rings. The number of allylic oxidation sites excluding steroid dienone is 1. The van der Waals surface area contributed by atoms with Crippen molar-refractivity contribution in [1.82, 2.24) is 10.6 Å². The van der Waals surface area contributed by atoms with E-state index < -0.39 is 12.0 Å². The van der Waals surface area contributed by atoms with E-state index in [4.69, 9.17) is 9.90 Å². The highest BCUT2D eigenvalue weighted by molar-refractivity contribution is 5.85. The van der Waals surface area contributed by atoms with Crippen LogP contribution < -0.4 is 16.4 Å². The number of amides is 2. The van der Waals surface area contributed by atoms with E-state index in [-0.39, 0.29) is 18.9 Å². The van der Waals surface area contributed by atoms with Crippen LogP contribution >= 0.6 is 0 Å². The normalized spacial score (nSPS) is 11.0. The maximum Gasteiger partial charge on any atom is 0.322 e. The minimum Gasteiger partial charge on any atom is -0.480 e. The van der Waals surface area contributed by atoms with Crippen LogP contribution in [0.1, 0.15) is 220 Å². The topological polar surface area (TPSA) is 122 Å². The van der Waals surface area contributed by atoms with Gasteiger partial charge in [-0.3, -0.25) is 14.4 Å². The zero-order valence-corrected chi connectivity index (χ0v) is 32.5. The van der Waals surface area contributed by atoms with Gasteiger partial charge in [-0.25, -0.2) is 0 Å². The third-order valence-electron chi connectivity index (χ3n) is 8.79. The number of nitrogens with two attached hydrogens (primary N) is 1. The highest BCUT2D eigenvalue weighted by atomic mass is 16.4. The molecule has 48 heavy (non-hydrogen) atoms. The lowest BCUT2D eigenvalue weighted by atomic mass is 10.0. The Bertz CT molecular complexity index is 685. The third kappa shape index (κ3) is 46.1. The van der Waals surface area contributed by atoms with E-state index in [1.165, 1.54) is 161 Å². The molecule has 0 aromatic heterocycles. The van der Waals surface area contributed by atoms with Crippen molar-refractivity contribution < 1.29 is 19.5 Å². The van der Waals surface area contributed by atoms with Crippen molar-refractivity contribution in [2.75, 3.05) is 6.54 Å². The first-order valence-electron chi connectivity index (χ1n) is 20.4. The lowest BCUT2D eigenvalue weighted by Gasteiger charge is -2.20. The molecule has 0 fully saturated rings. The van der Waals surface area contributed by atoms with Gasteiger partial charge in [0.15, 0.2) is 0 Å². The van der Waals surface area contributed by atoms with Crippen molar-refractivity contribution >= 4 is 18.3 Å². The summed E-state index contributed by atoms with van der Waals surface area (Å²) in [6, 6.07) is -0.392. The fourth-order valence-corrected chi connectivity index (χ4v) is 5.60. The van der Waals surface area contributed by atoms with E-state index in [1.54, 1.807) is 0 Å². The van der Waals surface area contributed by atoms with Crippen LogP contribution in [0.25, 0.3) is 0 Å². The molecule has 0 spiro atoms. The van der Waals surface area contributed by atoms with Crippen molar-refractivity contribution in [2.24, 2.45) is 5.73 Å². The number of primary amides is 1. The van der Waals surface area contributed by atoms with Gasteiger partial charge in [-0.05, 0) is 19.3 Å². The molecule has 1 unspecified atom stereocenters. The maximum absolute atomic E-state index is 12.6. The number of carboxylic acid groups (broad SMARTS) is 1. The van der Waals surface area contributed by atoms with Gasteiger partial charge in [0.05, 0.1) is 0 Å². The molecule has 0 saturated carbocycles. The molecule has 5 N–H and O–H groups in total. The molecule has 7 nitrogen and oxygen atoms in total. The molecule has 1 atom stereocenters. The van der Waals surface area contributed by atoms with Crippen LogP contribution in [-0.2, 0) is 14.4 Å². The quantitative estimate of drug-likeness (QED) is 0.0398. The van der Waals surface area contributed by atoms with Crippen LogP contribution in [0.2, 0.25) is 0 Å². The van der Waals surface area contributed by atoms with Crippen molar-refractivity contribution in [3.8, 4) is 0 Å². The lowest BCUT2D eigenvalue weighted by Crippen LogP contribution is -2.45. The smallest absolute Gasteiger partial charge is 0.322 e. The first-order valence-corrected chi connectivity index (χ1v) is 20.4. The molecule has 0 aliphatic carbocycles. The van der Waals surface area contributed by atoms with E-state index in [0.29, 0.717) is 0 Å². The molecular weight excluding hydrogens is 598 g/mol. The van der Waals surface area contributed by atoms with Gasteiger partial charge in [0.25, 0.3) is 0 Å². The molecule has 286 valence electrons. The number of carbonyl (C=O) groups excluding carboxylic acids is 2. The Morgan fingerprint density at radius 3 is 1.21 bits per heavy atom. The second-order valence-corrected chi connectivity index (χ2v) is 13.6. The highest BCUT2D eigenvalue weighted by Gasteiger charge is 2.19. The third-order valence-corrected chi connectivity index (χ3v) is 8.79. The number of carbonyl (C=O) groups is 3. The summed E-state index contributed by atoms with van der Waals surface area (Å²) in [5.41, 5.74) is 5.07. The van der Waals surface area contributed by atoms with E-state index in [9.17, 15) is 9.59 Å². The number of nitrogens with one attached hydrogen (secondary N) is 2. The second-order valence-electron chi connectivity index (χ2n) is 13.6. The summed E-state index contributed by atoms with van der Waals surface area (Å²) in [6.45, 7) is 12.7. The number of hydrogen-bond acceptors (Lipinski definition) is 4. The summed E-state index contributed by atoms with van der Waals surface area (Å²) in [5.74, 6) is -1.23. The largest absolute Gasteiger partial charge is 0.480 e. The Morgan fingerprint density at radius 2 is 0.896 bits per heavy atom. The molecule has 0 radical (unpaired) electrons. The summed E-state index contributed by atoms with van der Waals surface area (Å²) >= 11 is 0. The van der Waals surface area contributed by atoms with E-state index in [0.717, 1.165) is 37.8 Å². The Hall–Kier alpha value is -2.05. The maximum atomic E-state index is 12.6. The highest BCUT2D eigenvalue weighted by Crippen LogP contribution is 2.16. The van der Waals surface area contributed by atoms with Crippen LogP contribution in [0.3, 0.4) is 0 Å². The standard InChI is InChI=1S/C36H70N2O3.C4H10.CH3NO/c1-4-6-8-10-12-14-16-18-20-22-24-26-28-30-33(3)38-34(36(41)37-32-35(39)40)31-29-27-25-23-21-19-17-15-13-11-9-7-5-2;1-3-4-2;2-1-3/h34,38H,3-32H2,1-2H3,(H,37,41)(H,39,40);3-4H2,1-2H3;1H,(H2,2,3). The van der Waals surface area contributed by atoms with Crippen LogP contribution in [0.4, 0.5) is 0 Å². The van der Waals surface area contributed by atoms with E-state index in [1.807, 2.05) is 0 Å². The lowest BCUT2D eigenvalue weighted by molar-refractivity contribution is -0.138.